The maximum Gasteiger partial charge on any atom is 0.327 e. The first kappa shape index (κ1) is 14.7. The number of aliphatic carboxylic acids is 1. The minimum absolute atomic E-state index is 0.0353. The monoisotopic (exact) mass is 286 g/mol. The van der Waals surface area contributed by atoms with Crippen molar-refractivity contribution in [1.29, 1.82) is 0 Å². The Morgan fingerprint density at radius 2 is 2.05 bits per heavy atom. The molecule has 6 heteroatoms. The van der Waals surface area contributed by atoms with E-state index < -0.39 is 12.0 Å². The third kappa shape index (κ3) is 2.60. The Bertz CT molecular complexity index is 369. The number of carbonyl (C=O) groups is 2. The molecule has 0 radical (unpaired) electrons. The number of nitrogens with one attached hydrogen (secondary N) is 1. The number of carboxylic acids is 1. The Kier molecular flexibility index (Phi) is 4.40. The fraction of sp³-hybridized carbons (Fsp3) is 0.846. The molecule has 2 aliphatic heterocycles. The molecular weight excluding hydrogens is 264 g/mol. The van der Waals surface area contributed by atoms with Gasteiger partial charge in [-0.05, 0) is 39.3 Å². The maximum atomic E-state index is 12.9. The van der Waals surface area contributed by atoms with E-state index in [9.17, 15) is 14.7 Å². The second-order valence-electron chi connectivity index (χ2n) is 5.38. The van der Waals surface area contributed by atoms with Crippen LogP contribution in [-0.2, 0) is 9.59 Å². The van der Waals surface area contributed by atoms with Gasteiger partial charge >= 0.3 is 5.97 Å². The molecule has 2 rings (SSSR count). The van der Waals surface area contributed by atoms with Gasteiger partial charge in [0.2, 0.25) is 5.91 Å². The summed E-state index contributed by atoms with van der Waals surface area (Å²) in [5.41, 5.74) is -0.363. The highest BCUT2D eigenvalue weighted by Crippen LogP contribution is 2.39. The van der Waals surface area contributed by atoms with E-state index in [0.717, 1.165) is 32.4 Å². The van der Waals surface area contributed by atoms with Gasteiger partial charge in [-0.2, -0.15) is 0 Å². The van der Waals surface area contributed by atoms with Crippen molar-refractivity contribution >= 4 is 23.6 Å². The van der Waals surface area contributed by atoms with E-state index in [1.165, 1.54) is 0 Å². The summed E-state index contributed by atoms with van der Waals surface area (Å²) in [5, 5.41) is 12.5. The fourth-order valence-corrected chi connectivity index (χ4v) is 4.21. The number of nitrogens with zero attached hydrogens (tertiary/aromatic N) is 1. The molecule has 2 saturated heterocycles. The summed E-state index contributed by atoms with van der Waals surface area (Å²) in [6.07, 6.45) is 2.40. The molecule has 2 N–H and O–H groups in total. The van der Waals surface area contributed by atoms with Crippen LogP contribution in [0, 0.1) is 5.41 Å². The van der Waals surface area contributed by atoms with E-state index in [1.54, 1.807) is 16.7 Å². The lowest BCUT2D eigenvalue weighted by molar-refractivity contribution is -0.155. The lowest BCUT2D eigenvalue weighted by Gasteiger charge is -2.40. The number of piperidine rings is 1. The van der Waals surface area contributed by atoms with Crippen molar-refractivity contribution in [2.75, 3.05) is 18.8 Å². The normalized spacial score (nSPS) is 30.3. The second-order valence-corrected chi connectivity index (χ2v) is 6.73. The third-order valence-corrected chi connectivity index (χ3v) is 5.65. The van der Waals surface area contributed by atoms with Crippen molar-refractivity contribution in [1.82, 2.24) is 10.2 Å². The number of thioether (sulfide) groups is 1. The second kappa shape index (κ2) is 5.71. The zero-order valence-corrected chi connectivity index (χ0v) is 12.3. The van der Waals surface area contributed by atoms with E-state index in [1.807, 2.05) is 13.8 Å². The highest BCUT2D eigenvalue weighted by Gasteiger charge is 2.47. The molecule has 2 aliphatic rings. The zero-order chi connectivity index (χ0) is 14.0. The first-order valence-electron chi connectivity index (χ1n) is 6.90. The standard InChI is InChI=1S/C13H22N2O3S/c1-3-13(4-6-14-7-5-13)12(18)15-9(2)19-8-10(15)11(16)17/h9-10,14H,3-8H2,1-2H3,(H,16,17). The smallest absolute Gasteiger partial charge is 0.327 e. The molecule has 0 aromatic heterocycles. The van der Waals surface area contributed by atoms with Crippen LogP contribution < -0.4 is 5.32 Å². The maximum absolute atomic E-state index is 12.9. The molecule has 0 saturated carbocycles. The number of hydrogen-bond acceptors (Lipinski definition) is 4. The van der Waals surface area contributed by atoms with E-state index in [2.05, 4.69) is 5.32 Å². The molecule has 0 aromatic carbocycles. The molecule has 0 aromatic rings. The van der Waals surface area contributed by atoms with Crippen LogP contribution in [0.5, 0.6) is 0 Å². The van der Waals surface area contributed by atoms with Crippen molar-refractivity contribution in [3.63, 3.8) is 0 Å². The molecule has 0 aliphatic carbocycles. The summed E-state index contributed by atoms with van der Waals surface area (Å²) < 4.78 is 0. The molecule has 19 heavy (non-hydrogen) atoms. The lowest BCUT2D eigenvalue weighted by Crippen LogP contribution is -2.54. The van der Waals surface area contributed by atoms with Crippen molar-refractivity contribution in [3.05, 3.63) is 0 Å². The minimum Gasteiger partial charge on any atom is -0.480 e. The summed E-state index contributed by atoms with van der Waals surface area (Å²) in [6, 6.07) is -0.661. The molecule has 0 bridgehead atoms. The Morgan fingerprint density at radius 1 is 1.42 bits per heavy atom. The van der Waals surface area contributed by atoms with Gasteiger partial charge in [0.1, 0.15) is 6.04 Å². The number of rotatable bonds is 3. The van der Waals surface area contributed by atoms with Crippen LogP contribution >= 0.6 is 11.8 Å². The Balaban J connectivity index is 2.22. The molecule has 2 atom stereocenters. The van der Waals surface area contributed by atoms with Gasteiger partial charge in [0.05, 0.1) is 10.8 Å². The number of carbonyl (C=O) groups excluding carboxylic acids is 1. The van der Waals surface area contributed by atoms with E-state index >= 15 is 0 Å². The van der Waals surface area contributed by atoms with Gasteiger partial charge in [-0.15, -0.1) is 11.8 Å². The molecule has 2 heterocycles. The molecule has 5 nitrogen and oxygen atoms in total. The van der Waals surface area contributed by atoms with Gasteiger partial charge in [0.25, 0.3) is 0 Å². The van der Waals surface area contributed by atoms with Crippen LogP contribution in [0.1, 0.15) is 33.1 Å². The largest absolute Gasteiger partial charge is 0.480 e. The molecule has 0 spiro atoms. The van der Waals surface area contributed by atoms with Crippen LogP contribution in [0.15, 0.2) is 0 Å². The molecule has 2 fully saturated rings. The number of carboxylic acid groups (broad SMARTS) is 1. The fourth-order valence-electron chi connectivity index (χ4n) is 3.04. The van der Waals surface area contributed by atoms with Crippen LogP contribution in [0.4, 0.5) is 0 Å². The first-order valence-corrected chi connectivity index (χ1v) is 7.94. The average Bonchev–Trinajstić information content (AvgIpc) is 2.80. The summed E-state index contributed by atoms with van der Waals surface area (Å²) in [7, 11) is 0. The minimum atomic E-state index is -0.884. The van der Waals surface area contributed by atoms with Gasteiger partial charge in [-0.3, -0.25) is 4.79 Å². The van der Waals surface area contributed by atoms with E-state index in [-0.39, 0.29) is 16.7 Å². The third-order valence-electron chi connectivity index (χ3n) is 4.43. The molecular formula is C13H22N2O3S. The van der Waals surface area contributed by atoms with Crippen LogP contribution in [0.3, 0.4) is 0 Å². The van der Waals surface area contributed by atoms with Crippen molar-refractivity contribution < 1.29 is 14.7 Å². The number of hydrogen-bond donors (Lipinski definition) is 2. The SMILES string of the molecule is CCC1(C(=O)N2C(C)SCC2C(=O)O)CCNCC1. The summed E-state index contributed by atoms with van der Waals surface area (Å²) in [4.78, 5) is 25.8. The van der Waals surface area contributed by atoms with E-state index in [0.29, 0.717) is 5.75 Å². The summed E-state index contributed by atoms with van der Waals surface area (Å²) in [6.45, 7) is 5.64. The lowest BCUT2D eigenvalue weighted by atomic mass is 9.75. The summed E-state index contributed by atoms with van der Waals surface area (Å²) >= 11 is 1.55. The van der Waals surface area contributed by atoms with Gasteiger partial charge in [0.15, 0.2) is 0 Å². The predicted molar refractivity (Wildman–Crippen MR) is 75.0 cm³/mol. The predicted octanol–water partition coefficient (Wildman–Crippen LogP) is 1.14. The Morgan fingerprint density at radius 3 is 2.58 bits per heavy atom. The van der Waals surface area contributed by atoms with Gasteiger partial charge in [-0.25, -0.2) is 4.79 Å². The van der Waals surface area contributed by atoms with Gasteiger partial charge in [0, 0.05) is 5.75 Å². The number of amides is 1. The molecule has 2 unspecified atom stereocenters. The molecule has 108 valence electrons. The topological polar surface area (TPSA) is 69.6 Å². The van der Waals surface area contributed by atoms with Gasteiger partial charge < -0.3 is 15.3 Å². The Labute approximate surface area is 118 Å². The Hall–Kier alpha value is -0.750. The van der Waals surface area contributed by atoms with Gasteiger partial charge in [-0.1, -0.05) is 6.92 Å². The summed E-state index contributed by atoms with van der Waals surface area (Å²) in [5.74, 6) is -0.341. The highest BCUT2D eigenvalue weighted by atomic mass is 32.2. The average molecular weight is 286 g/mol. The van der Waals surface area contributed by atoms with Crippen molar-refractivity contribution in [3.8, 4) is 0 Å². The quantitative estimate of drug-likeness (QED) is 0.814. The van der Waals surface area contributed by atoms with Crippen LogP contribution in [0.25, 0.3) is 0 Å². The zero-order valence-electron chi connectivity index (χ0n) is 11.5. The van der Waals surface area contributed by atoms with E-state index in [4.69, 9.17) is 0 Å². The van der Waals surface area contributed by atoms with Crippen molar-refractivity contribution in [2.45, 2.75) is 44.5 Å². The first-order chi connectivity index (χ1) is 9.02. The van der Waals surface area contributed by atoms with Crippen LogP contribution in [-0.4, -0.2) is 52.1 Å². The molecule has 1 amide bonds. The highest BCUT2D eigenvalue weighted by molar-refractivity contribution is 8.00. The van der Waals surface area contributed by atoms with Crippen LogP contribution in [0.2, 0.25) is 0 Å². The van der Waals surface area contributed by atoms with Crippen molar-refractivity contribution in [2.24, 2.45) is 5.41 Å².